The number of methoxy groups -OCH3 is 1. The van der Waals surface area contributed by atoms with Crippen LogP contribution in [0.2, 0.25) is 0 Å². The van der Waals surface area contributed by atoms with E-state index in [-0.39, 0.29) is 4.90 Å². The third-order valence-corrected chi connectivity index (χ3v) is 9.06. The number of aromatic nitrogens is 1. The summed E-state index contributed by atoms with van der Waals surface area (Å²) in [6.07, 6.45) is 1.68. The highest BCUT2D eigenvalue weighted by Gasteiger charge is 2.33. The van der Waals surface area contributed by atoms with Gasteiger partial charge in [-0.05, 0) is 43.5 Å². The van der Waals surface area contributed by atoms with E-state index in [2.05, 4.69) is 4.90 Å². The minimum Gasteiger partial charge on any atom is -0.496 e. The molecule has 0 amide bonds. The van der Waals surface area contributed by atoms with Crippen molar-refractivity contribution >= 4 is 26.3 Å². The number of hydrogen-bond donors (Lipinski definition) is 0. The summed E-state index contributed by atoms with van der Waals surface area (Å²) in [5, 5.41) is 2.45. The molecular formula is C23H25FN2O3S2. The molecular weight excluding hydrogens is 435 g/mol. The van der Waals surface area contributed by atoms with Gasteiger partial charge in [-0.25, -0.2) is 17.8 Å². The quantitative estimate of drug-likeness (QED) is 0.537. The van der Waals surface area contributed by atoms with E-state index in [1.165, 1.54) is 12.1 Å². The number of ether oxygens (including phenoxy) is 1. The van der Waals surface area contributed by atoms with Crippen molar-refractivity contribution in [2.45, 2.75) is 36.3 Å². The first-order valence-electron chi connectivity index (χ1n) is 10.2. The smallest absolute Gasteiger partial charge is 0.185 e. The van der Waals surface area contributed by atoms with E-state index >= 15 is 0 Å². The normalized spacial score (nSPS) is 15.3. The van der Waals surface area contributed by atoms with Crippen LogP contribution in [0.15, 0.2) is 52.7 Å². The summed E-state index contributed by atoms with van der Waals surface area (Å²) in [4.78, 5) is 7.02. The molecule has 0 spiro atoms. The standard InChI is InChI=1S/C23H25FN2O3S2/c1-16-7-8-18(24)14-22(16)31(27,28)20-9-11-26(12-10-20)23-25-19(15-30-23)13-17-5-3-4-6-21(17)29-2/h3-8,14-15,20H,9-13H2,1-2H3. The van der Waals surface area contributed by atoms with E-state index in [0.29, 0.717) is 37.9 Å². The molecule has 1 fully saturated rings. The molecule has 0 unspecified atom stereocenters. The number of halogens is 1. The Morgan fingerprint density at radius 3 is 2.68 bits per heavy atom. The van der Waals surface area contributed by atoms with Crippen LogP contribution < -0.4 is 9.64 Å². The second-order valence-electron chi connectivity index (χ2n) is 7.75. The number of hydrogen-bond acceptors (Lipinski definition) is 6. The maximum absolute atomic E-state index is 13.6. The Labute approximate surface area is 186 Å². The highest BCUT2D eigenvalue weighted by Crippen LogP contribution is 2.31. The summed E-state index contributed by atoms with van der Waals surface area (Å²) in [5.41, 5.74) is 2.64. The third kappa shape index (κ3) is 4.60. The molecule has 31 heavy (non-hydrogen) atoms. The Morgan fingerprint density at radius 2 is 1.94 bits per heavy atom. The largest absolute Gasteiger partial charge is 0.496 e. The van der Waals surface area contributed by atoms with Crippen LogP contribution >= 0.6 is 11.3 Å². The molecule has 2 aromatic carbocycles. The molecule has 2 heterocycles. The van der Waals surface area contributed by atoms with Crippen LogP contribution in [0.1, 0.15) is 29.7 Å². The second-order valence-corrected chi connectivity index (χ2v) is 10.8. The predicted molar refractivity (Wildman–Crippen MR) is 121 cm³/mol. The third-order valence-electron chi connectivity index (χ3n) is 5.71. The Morgan fingerprint density at radius 1 is 1.19 bits per heavy atom. The first kappa shape index (κ1) is 21.8. The Bertz CT molecular complexity index is 1170. The van der Waals surface area contributed by atoms with Gasteiger partial charge in [0.2, 0.25) is 0 Å². The van der Waals surface area contributed by atoms with Crippen molar-refractivity contribution in [3.05, 3.63) is 70.5 Å². The summed E-state index contributed by atoms with van der Waals surface area (Å²) in [6, 6.07) is 11.9. The zero-order chi connectivity index (χ0) is 22.0. The van der Waals surface area contributed by atoms with Crippen LogP contribution in [-0.4, -0.2) is 38.9 Å². The molecule has 0 aliphatic carbocycles. The molecule has 8 heteroatoms. The zero-order valence-corrected chi connectivity index (χ0v) is 19.2. The maximum atomic E-state index is 13.6. The summed E-state index contributed by atoms with van der Waals surface area (Å²) in [5.74, 6) is 0.322. The van der Waals surface area contributed by atoms with Crippen molar-refractivity contribution in [3.8, 4) is 5.75 Å². The molecule has 0 radical (unpaired) electrons. The van der Waals surface area contributed by atoms with Crippen LogP contribution in [0, 0.1) is 12.7 Å². The minimum atomic E-state index is -3.56. The van der Waals surface area contributed by atoms with E-state index < -0.39 is 20.9 Å². The molecule has 1 aliphatic rings. The lowest BCUT2D eigenvalue weighted by Crippen LogP contribution is -2.39. The Kier molecular flexibility index (Phi) is 6.29. The SMILES string of the molecule is COc1ccccc1Cc1csc(N2CCC(S(=O)(=O)c3cc(F)ccc3C)CC2)n1. The van der Waals surface area contributed by atoms with Crippen molar-refractivity contribution in [1.82, 2.24) is 4.98 Å². The first-order chi connectivity index (χ1) is 14.9. The fourth-order valence-corrected chi connectivity index (χ4v) is 6.85. The van der Waals surface area contributed by atoms with Crippen LogP contribution in [0.25, 0.3) is 0 Å². The molecule has 0 saturated carbocycles. The molecule has 0 bridgehead atoms. The number of sulfone groups is 1. The van der Waals surface area contributed by atoms with Gasteiger partial charge in [0.15, 0.2) is 15.0 Å². The average Bonchev–Trinajstić information content (AvgIpc) is 3.24. The maximum Gasteiger partial charge on any atom is 0.185 e. The van der Waals surface area contributed by atoms with Crippen molar-refractivity contribution < 1.29 is 17.5 Å². The van der Waals surface area contributed by atoms with E-state index in [4.69, 9.17) is 9.72 Å². The number of anilines is 1. The van der Waals surface area contributed by atoms with Gasteiger partial charge in [-0.2, -0.15) is 0 Å². The molecule has 164 valence electrons. The summed E-state index contributed by atoms with van der Waals surface area (Å²) < 4.78 is 45.2. The number of para-hydroxylation sites is 1. The van der Waals surface area contributed by atoms with E-state index in [1.54, 1.807) is 25.4 Å². The average molecular weight is 461 g/mol. The van der Waals surface area contributed by atoms with E-state index in [1.807, 2.05) is 29.6 Å². The molecule has 1 aromatic heterocycles. The second kappa shape index (κ2) is 8.96. The zero-order valence-electron chi connectivity index (χ0n) is 17.5. The lowest BCUT2D eigenvalue weighted by molar-refractivity contribution is 0.410. The monoisotopic (exact) mass is 460 g/mol. The van der Waals surface area contributed by atoms with Crippen molar-refractivity contribution in [1.29, 1.82) is 0 Å². The minimum absolute atomic E-state index is 0.110. The number of thiazole rings is 1. The fraction of sp³-hybridized carbons (Fsp3) is 0.348. The van der Waals surface area contributed by atoms with Crippen molar-refractivity contribution in [2.75, 3.05) is 25.1 Å². The molecule has 1 aliphatic heterocycles. The Balaban J connectivity index is 1.43. The van der Waals surface area contributed by atoms with Crippen LogP contribution in [0.4, 0.5) is 9.52 Å². The fourth-order valence-electron chi connectivity index (χ4n) is 3.98. The van der Waals surface area contributed by atoms with E-state index in [9.17, 15) is 12.8 Å². The molecule has 0 atom stereocenters. The number of aryl methyl sites for hydroxylation is 1. The molecule has 3 aromatic rings. The summed E-state index contributed by atoms with van der Waals surface area (Å²) in [6.45, 7) is 2.93. The van der Waals surface area contributed by atoms with Crippen LogP contribution in [0.3, 0.4) is 0 Å². The lowest BCUT2D eigenvalue weighted by atomic mass is 10.1. The predicted octanol–water partition coefficient (Wildman–Crippen LogP) is 4.63. The number of rotatable bonds is 6. The van der Waals surface area contributed by atoms with Crippen LogP contribution in [0.5, 0.6) is 5.75 Å². The summed E-state index contributed by atoms with van der Waals surface area (Å²) in [7, 11) is -1.90. The van der Waals surface area contributed by atoms with Gasteiger partial charge in [-0.1, -0.05) is 24.3 Å². The van der Waals surface area contributed by atoms with Gasteiger partial charge in [-0.15, -0.1) is 11.3 Å². The van der Waals surface area contributed by atoms with Gasteiger partial charge in [0.1, 0.15) is 11.6 Å². The number of piperidine rings is 1. The van der Waals surface area contributed by atoms with Gasteiger partial charge in [-0.3, -0.25) is 0 Å². The van der Waals surface area contributed by atoms with Gasteiger partial charge in [0.05, 0.1) is 22.9 Å². The lowest BCUT2D eigenvalue weighted by Gasteiger charge is -2.31. The van der Waals surface area contributed by atoms with Gasteiger partial charge < -0.3 is 9.64 Å². The van der Waals surface area contributed by atoms with E-state index in [0.717, 1.165) is 28.2 Å². The van der Waals surface area contributed by atoms with Gasteiger partial charge in [0, 0.05) is 30.5 Å². The van der Waals surface area contributed by atoms with Crippen LogP contribution in [-0.2, 0) is 16.3 Å². The van der Waals surface area contributed by atoms with Gasteiger partial charge >= 0.3 is 0 Å². The van der Waals surface area contributed by atoms with Crippen molar-refractivity contribution in [2.24, 2.45) is 0 Å². The molecule has 5 nitrogen and oxygen atoms in total. The van der Waals surface area contributed by atoms with Crippen molar-refractivity contribution in [3.63, 3.8) is 0 Å². The highest BCUT2D eigenvalue weighted by atomic mass is 32.2. The highest BCUT2D eigenvalue weighted by molar-refractivity contribution is 7.92. The first-order valence-corrected chi connectivity index (χ1v) is 12.6. The Hall–Kier alpha value is -2.45. The number of benzene rings is 2. The van der Waals surface area contributed by atoms with Gasteiger partial charge in [0.25, 0.3) is 0 Å². The molecule has 4 rings (SSSR count). The number of nitrogens with zero attached hydrogens (tertiary/aromatic N) is 2. The molecule has 0 N–H and O–H groups in total. The molecule has 1 saturated heterocycles. The topological polar surface area (TPSA) is 59.5 Å². The summed E-state index contributed by atoms with van der Waals surface area (Å²) >= 11 is 1.57.